The molecule has 1 fully saturated rings. The van der Waals surface area contributed by atoms with Crippen molar-refractivity contribution in [3.8, 4) is 11.1 Å². The summed E-state index contributed by atoms with van der Waals surface area (Å²) in [6.45, 7) is 3.89. The van der Waals surface area contributed by atoms with Gasteiger partial charge in [0.2, 0.25) is 0 Å². The second-order valence-corrected chi connectivity index (χ2v) is 7.83. The molecular formula is C22H26N6O. The number of anilines is 1. The van der Waals surface area contributed by atoms with E-state index >= 15 is 0 Å². The van der Waals surface area contributed by atoms with Gasteiger partial charge in [-0.3, -0.25) is 0 Å². The van der Waals surface area contributed by atoms with Crippen LogP contribution in [-0.2, 0) is 6.42 Å². The third-order valence-electron chi connectivity index (χ3n) is 5.97. The zero-order valence-electron chi connectivity index (χ0n) is 16.3. The normalized spacial score (nSPS) is 16.6. The van der Waals surface area contributed by atoms with Gasteiger partial charge in [0.15, 0.2) is 5.82 Å². The molecule has 3 aromatic rings. The largest absolute Gasteiger partial charge is 0.513 e. The molecule has 1 aromatic carbocycles. The van der Waals surface area contributed by atoms with Crippen molar-refractivity contribution in [3.05, 3.63) is 66.3 Å². The minimum absolute atomic E-state index is 0.0466. The molecule has 2 heterocycles. The highest BCUT2D eigenvalue weighted by Crippen LogP contribution is 2.42. The van der Waals surface area contributed by atoms with Gasteiger partial charge in [-0.2, -0.15) is 0 Å². The fourth-order valence-corrected chi connectivity index (χ4v) is 4.53. The van der Waals surface area contributed by atoms with Gasteiger partial charge in [0.25, 0.3) is 0 Å². The van der Waals surface area contributed by atoms with Gasteiger partial charge in [-0.15, -0.1) is 5.10 Å². The highest BCUT2D eigenvalue weighted by Gasteiger charge is 2.36. The lowest BCUT2D eigenvalue weighted by Gasteiger charge is -2.29. The first-order valence-electron chi connectivity index (χ1n) is 10.0. The topological polar surface area (TPSA) is 114 Å². The Morgan fingerprint density at radius 3 is 2.45 bits per heavy atom. The molecule has 1 saturated carbocycles. The number of hydrogen-bond acceptors (Lipinski definition) is 6. The number of nitrogens with zero attached hydrogens (tertiary/aromatic N) is 4. The number of pyridine rings is 1. The molecule has 1 aliphatic rings. The van der Waals surface area contributed by atoms with Crippen LogP contribution in [0.3, 0.4) is 0 Å². The van der Waals surface area contributed by atoms with Crippen molar-refractivity contribution in [1.82, 2.24) is 25.6 Å². The van der Waals surface area contributed by atoms with Crippen molar-refractivity contribution in [2.24, 2.45) is 11.8 Å². The average Bonchev–Trinajstić information content (AvgIpc) is 3.43. The highest BCUT2D eigenvalue weighted by atomic mass is 16.3. The number of aromatic nitrogens is 5. The van der Waals surface area contributed by atoms with Crippen LogP contribution in [0.15, 0.2) is 54.9 Å². The van der Waals surface area contributed by atoms with Gasteiger partial charge < -0.3 is 10.8 Å². The van der Waals surface area contributed by atoms with Crippen LogP contribution in [0.2, 0.25) is 0 Å². The van der Waals surface area contributed by atoms with Crippen LogP contribution >= 0.6 is 0 Å². The minimum Gasteiger partial charge on any atom is -0.513 e. The van der Waals surface area contributed by atoms with Crippen LogP contribution in [-0.4, -0.2) is 30.7 Å². The number of nitrogens with two attached hydrogens (primary N) is 1. The van der Waals surface area contributed by atoms with Crippen LogP contribution in [0, 0.1) is 11.8 Å². The SMILES string of the molecule is C=C(O)[C@@H](C1CCCC1)[C@H](Cc1ccc(-c2ccc(N)nc2)cc1)c1nnn[nH]1. The molecular weight excluding hydrogens is 364 g/mol. The molecule has 0 saturated heterocycles. The monoisotopic (exact) mass is 390 g/mol. The van der Waals surface area contributed by atoms with E-state index in [2.05, 4.69) is 56.5 Å². The molecule has 7 heteroatoms. The standard InChI is InChI=1S/C22H26N6O/c1-14(29)21(17-4-2-3-5-17)19(22-25-27-28-26-22)12-15-6-8-16(9-7-15)18-10-11-20(23)24-13-18/h6-11,13,17,19,21,29H,1-5,12H2,(H2,23,24)(H,25,26,27,28)/t19-,21-/m0/s1. The summed E-state index contributed by atoms with van der Waals surface area (Å²) in [5, 5.41) is 25.1. The Balaban J connectivity index is 1.59. The number of aliphatic hydroxyl groups excluding tert-OH is 1. The maximum Gasteiger partial charge on any atom is 0.152 e. The number of rotatable bonds is 7. The van der Waals surface area contributed by atoms with Gasteiger partial charge in [0.05, 0.1) is 5.76 Å². The van der Waals surface area contributed by atoms with Crippen LogP contribution in [0.1, 0.15) is 43.0 Å². The predicted molar refractivity (Wildman–Crippen MR) is 112 cm³/mol. The second-order valence-electron chi connectivity index (χ2n) is 7.83. The zero-order valence-corrected chi connectivity index (χ0v) is 16.3. The lowest BCUT2D eigenvalue weighted by atomic mass is 9.76. The molecule has 4 rings (SSSR count). The Labute approximate surface area is 170 Å². The minimum atomic E-state index is -0.0618. The number of nitrogen functional groups attached to an aromatic ring is 1. The van der Waals surface area contributed by atoms with Gasteiger partial charge in [-0.25, -0.2) is 10.1 Å². The molecule has 0 amide bonds. The van der Waals surface area contributed by atoms with E-state index in [0.717, 1.165) is 36.0 Å². The number of aliphatic hydroxyl groups is 1. The molecule has 2 aromatic heterocycles. The second kappa shape index (κ2) is 8.43. The molecule has 0 spiro atoms. The van der Waals surface area contributed by atoms with Crippen molar-refractivity contribution in [1.29, 1.82) is 0 Å². The first kappa shape index (κ1) is 19.1. The lowest BCUT2D eigenvalue weighted by molar-refractivity contribution is 0.224. The molecule has 4 N–H and O–H groups in total. The van der Waals surface area contributed by atoms with Crippen molar-refractivity contribution < 1.29 is 5.11 Å². The van der Waals surface area contributed by atoms with Crippen molar-refractivity contribution in [2.75, 3.05) is 5.73 Å². The molecule has 0 unspecified atom stereocenters. The van der Waals surface area contributed by atoms with Crippen LogP contribution in [0.5, 0.6) is 0 Å². The zero-order chi connectivity index (χ0) is 20.2. The Bertz CT molecular complexity index is 930. The van der Waals surface area contributed by atoms with Gasteiger partial charge in [0, 0.05) is 23.6 Å². The molecule has 0 aliphatic heterocycles. The molecule has 150 valence electrons. The first-order valence-corrected chi connectivity index (χ1v) is 10.0. The summed E-state index contributed by atoms with van der Waals surface area (Å²) in [6, 6.07) is 12.1. The summed E-state index contributed by atoms with van der Waals surface area (Å²) in [6.07, 6.45) is 7.09. The van der Waals surface area contributed by atoms with Gasteiger partial charge in [-0.1, -0.05) is 43.7 Å². The summed E-state index contributed by atoms with van der Waals surface area (Å²) in [7, 11) is 0. The summed E-state index contributed by atoms with van der Waals surface area (Å²) in [4.78, 5) is 4.16. The van der Waals surface area contributed by atoms with E-state index in [4.69, 9.17) is 5.73 Å². The van der Waals surface area contributed by atoms with Crippen LogP contribution in [0.25, 0.3) is 11.1 Å². The quantitative estimate of drug-likeness (QED) is 0.525. The molecule has 0 bridgehead atoms. The van der Waals surface area contributed by atoms with E-state index in [0.29, 0.717) is 17.6 Å². The maximum atomic E-state index is 10.4. The number of hydrogen-bond donors (Lipinski definition) is 3. The van der Waals surface area contributed by atoms with E-state index in [1.807, 2.05) is 6.07 Å². The molecule has 29 heavy (non-hydrogen) atoms. The van der Waals surface area contributed by atoms with Gasteiger partial charge >= 0.3 is 0 Å². The molecule has 2 atom stereocenters. The Morgan fingerprint density at radius 1 is 1.14 bits per heavy atom. The lowest BCUT2D eigenvalue weighted by Crippen LogP contribution is -2.25. The summed E-state index contributed by atoms with van der Waals surface area (Å²) >= 11 is 0. The van der Waals surface area contributed by atoms with Crippen LogP contribution in [0.4, 0.5) is 5.82 Å². The number of benzene rings is 1. The number of nitrogens with one attached hydrogen (secondary N) is 1. The highest BCUT2D eigenvalue weighted by molar-refractivity contribution is 5.63. The fourth-order valence-electron chi connectivity index (χ4n) is 4.53. The fraction of sp³-hybridized carbons (Fsp3) is 0.364. The Hall–Kier alpha value is -3.22. The first-order chi connectivity index (χ1) is 14.1. The van der Waals surface area contributed by atoms with Crippen molar-refractivity contribution in [3.63, 3.8) is 0 Å². The average molecular weight is 390 g/mol. The van der Waals surface area contributed by atoms with Crippen molar-refractivity contribution >= 4 is 5.82 Å². The Kier molecular flexibility index (Phi) is 5.55. The molecule has 0 radical (unpaired) electrons. The third kappa shape index (κ3) is 4.29. The van der Waals surface area contributed by atoms with Gasteiger partial charge in [0.1, 0.15) is 5.82 Å². The van der Waals surface area contributed by atoms with E-state index in [-0.39, 0.29) is 17.6 Å². The van der Waals surface area contributed by atoms with E-state index in [9.17, 15) is 5.11 Å². The van der Waals surface area contributed by atoms with Crippen LogP contribution < -0.4 is 5.73 Å². The van der Waals surface area contributed by atoms with Crippen molar-refractivity contribution in [2.45, 2.75) is 38.0 Å². The number of tetrazole rings is 1. The summed E-state index contributed by atoms with van der Waals surface area (Å²) in [5.41, 5.74) is 8.94. The van der Waals surface area contributed by atoms with E-state index < -0.39 is 0 Å². The smallest absolute Gasteiger partial charge is 0.152 e. The summed E-state index contributed by atoms with van der Waals surface area (Å²) in [5.74, 6) is 1.73. The maximum absolute atomic E-state index is 10.4. The number of allylic oxidation sites excluding steroid dienone is 1. The van der Waals surface area contributed by atoms with E-state index in [1.54, 1.807) is 12.3 Å². The number of aromatic amines is 1. The van der Waals surface area contributed by atoms with E-state index in [1.165, 1.54) is 12.8 Å². The number of H-pyrrole nitrogens is 1. The predicted octanol–water partition coefficient (Wildman–Crippen LogP) is 4.05. The van der Waals surface area contributed by atoms with Gasteiger partial charge in [-0.05, 0) is 58.9 Å². The molecule has 1 aliphatic carbocycles. The molecule has 7 nitrogen and oxygen atoms in total. The summed E-state index contributed by atoms with van der Waals surface area (Å²) < 4.78 is 0. The Morgan fingerprint density at radius 2 is 1.86 bits per heavy atom. The third-order valence-corrected chi connectivity index (χ3v) is 5.97.